The van der Waals surface area contributed by atoms with Gasteiger partial charge in [-0.05, 0) is 55.0 Å². The maximum absolute atomic E-state index is 12.5. The zero-order valence-corrected chi connectivity index (χ0v) is 16.8. The van der Waals surface area contributed by atoms with Gasteiger partial charge < -0.3 is 9.47 Å². The molecule has 0 bridgehead atoms. The first-order chi connectivity index (χ1) is 13.9. The molecule has 7 nitrogen and oxygen atoms in total. The van der Waals surface area contributed by atoms with Crippen molar-refractivity contribution >= 4 is 15.8 Å². The minimum Gasteiger partial charge on any atom is -0.497 e. The molecule has 0 saturated heterocycles. The molecule has 0 amide bonds. The van der Waals surface area contributed by atoms with E-state index in [9.17, 15) is 13.2 Å². The van der Waals surface area contributed by atoms with Crippen LogP contribution >= 0.6 is 0 Å². The number of Topliss-reactive ketones (excluding diaryl/α,β-unsaturated/α-hetero) is 1. The Morgan fingerprint density at radius 3 is 2.45 bits per heavy atom. The van der Waals surface area contributed by atoms with Crippen LogP contribution in [0.1, 0.15) is 22.8 Å². The molecule has 3 rings (SSSR count). The van der Waals surface area contributed by atoms with E-state index in [4.69, 9.17) is 9.47 Å². The summed E-state index contributed by atoms with van der Waals surface area (Å²) < 4.78 is 38.4. The minimum atomic E-state index is -3.77. The number of carbonyl (C=O) groups is 1. The van der Waals surface area contributed by atoms with E-state index in [0.717, 1.165) is 0 Å². The van der Waals surface area contributed by atoms with Gasteiger partial charge in [-0.25, -0.2) is 18.1 Å². The Bertz CT molecular complexity index is 1110. The average Bonchev–Trinajstić information content (AvgIpc) is 2.73. The molecule has 0 radical (unpaired) electrons. The van der Waals surface area contributed by atoms with Crippen molar-refractivity contribution in [1.82, 2.24) is 9.71 Å². The van der Waals surface area contributed by atoms with Gasteiger partial charge in [-0.1, -0.05) is 12.1 Å². The minimum absolute atomic E-state index is 0.0361. The summed E-state index contributed by atoms with van der Waals surface area (Å²) in [6.45, 7) is 1.44. The lowest BCUT2D eigenvalue weighted by molar-refractivity contribution is 0.101. The molecule has 1 N–H and O–H groups in total. The number of carbonyl (C=O) groups excluding carboxylic acids is 1. The molecular formula is C21H20N2O5S. The number of nitrogens with zero attached hydrogens (tertiary/aromatic N) is 1. The van der Waals surface area contributed by atoms with Crippen LogP contribution in [0.4, 0.5) is 0 Å². The molecule has 0 spiro atoms. The summed E-state index contributed by atoms with van der Waals surface area (Å²) in [5.74, 6) is 1.43. The fraction of sp³-hybridized carbons (Fsp3) is 0.143. The van der Waals surface area contributed by atoms with Crippen molar-refractivity contribution in [1.29, 1.82) is 0 Å². The van der Waals surface area contributed by atoms with E-state index in [2.05, 4.69) is 9.71 Å². The smallest absolute Gasteiger partial charge is 0.240 e. The Morgan fingerprint density at radius 1 is 1.03 bits per heavy atom. The highest BCUT2D eigenvalue weighted by atomic mass is 32.2. The summed E-state index contributed by atoms with van der Waals surface area (Å²) in [7, 11) is -2.19. The van der Waals surface area contributed by atoms with Gasteiger partial charge >= 0.3 is 0 Å². The standard InChI is InChI=1S/C21H20N2O5S/c1-15(24)17-4-3-5-20(13-17)29(25,26)23-14-16-10-11-22-21(12-16)28-19-8-6-18(27-2)7-9-19/h3-13,23H,14H2,1-2H3. The van der Waals surface area contributed by atoms with Crippen LogP contribution < -0.4 is 14.2 Å². The molecule has 1 aromatic heterocycles. The lowest BCUT2D eigenvalue weighted by atomic mass is 10.2. The number of aromatic nitrogens is 1. The topological polar surface area (TPSA) is 94.6 Å². The van der Waals surface area contributed by atoms with E-state index in [-0.39, 0.29) is 17.2 Å². The van der Waals surface area contributed by atoms with Crippen molar-refractivity contribution in [2.24, 2.45) is 0 Å². The van der Waals surface area contributed by atoms with Gasteiger partial charge in [-0.3, -0.25) is 4.79 Å². The first-order valence-corrected chi connectivity index (χ1v) is 10.2. The fourth-order valence-electron chi connectivity index (χ4n) is 2.52. The summed E-state index contributed by atoms with van der Waals surface area (Å²) >= 11 is 0. The fourth-order valence-corrected chi connectivity index (χ4v) is 3.59. The average molecular weight is 412 g/mol. The van der Waals surface area contributed by atoms with Crippen molar-refractivity contribution in [3.05, 3.63) is 78.0 Å². The number of benzene rings is 2. The maximum Gasteiger partial charge on any atom is 0.240 e. The van der Waals surface area contributed by atoms with Crippen LogP contribution in [0.5, 0.6) is 17.4 Å². The van der Waals surface area contributed by atoms with Crippen LogP contribution in [-0.2, 0) is 16.6 Å². The van der Waals surface area contributed by atoms with Gasteiger partial charge in [0.25, 0.3) is 0 Å². The Labute approximate surface area is 169 Å². The number of ketones is 1. The predicted molar refractivity (Wildman–Crippen MR) is 108 cm³/mol. The molecule has 29 heavy (non-hydrogen) atoms. The zero-order chi connectivity index (χ0) is 20.9. The molecule has 2 aromatic carbocycles. The maximum atomic E-state index is 12.5. The van der Waals surface area contributed by atoms with Gasteiger partial charge in [0.2, 0.25) is 15.9 Å². The van der Waals surface area contributed by atoms with Crippen LogP contribution in [0.2, 0.25) is 0 Å². The largest absolute Gasteiger partial charge is 0.497 e. The third-order valence-electron chi connectivity index (χ3n) is 4.10. The number of ether oxygens (including phenoxy) is 2. The molecule has 0 unspecified atom stereocenters. The highest BCUT2D eigenvalue weighted by Gasteiger charge is 2.15. The second kappa shape index (κ2) is 8.85. The van der Waals surface area contributed by atoms with Crippen LogP contribution in [-0.4, -0.2) is 26.3 Å². The SMILES string of the molecule is COc1ccc(Oc2cc(CNS(=O)(=O)c3cccc(C(C)=O)c3)ccn2)cc1. The second-order valence-corrected chi connectivity index (χ2v) is 7.96. The van der Waals surface area contributed by atoms with Gasteiger partial charge in [0.15, 0.2) is 5.78 Å². The summed E-state index contributed by atoms with van der Waals surface area (Å²) in [5, 5.41) is 0. The lowest BCUT2D eigenvalue weighted by Gasteiger charge is -2.09. The molecule has 0 fully saturated rings. The highest BCUT2D eigenvalue weighted by Crippen LogP contribution is 2.23. The molecule has 0 atom stereocenters. The molecule has 150 valence electrons. The molecule has 0 aliphatic carbocycles. The monoisotopic (exact) mass is 412 g/mol. The molecule has 3 aromatic rings. The first kappa shape index (κ1) is 20.5. The predicted octanol–water partition coefficient (Wildman–Crippen LogP) is 3.56. The number of rotatable bonds is 8. The molecular weight excluding hydrogens is 392 g/mol. The quantitative estimate of drug-likeness (QED) is 0.569. The Morgan fingerprint density at radius 2 is 1.76 bits per heavy atom. The number of pyridine rings is 1. The Hall–Kier alpha value is -3.23. The third-order valence-corrected chi connectivity index (χ3v) is 5.50. The van der Waals surface area contributed by atoms with E-state index in [1.54, 1.807) is 61.8 Å². The van der Waals surface area contributed by atoms with Crippen LogP contribution in [0.25, 0.3) is 0 Å². The van der Waals surface area contributed by atoms with Gasteiger partial charge in [0.05, 0.1) is 12.0 Å². The van der Waals surface area contributed by atoms with Crippen LogP contribution in [0, 0.1) is 0 Å². The number of nitrogens with one attached hydrogen (secondary N) is 1. The van der Waals surface area contributed by atoms with E-state index in [0.29, 0.717) is 28.5 Å². The third kappa shape index (κ3) is 5.40. The van der Waals surface area contributed by atoms with Crippen LogP contribution in [0.3, 0.4) is 0 Å². The molecule has 1 heterocycles. The van der Waals surface area contributed by atoms with Crippen molar-refractivity contribution in [2.75, 3.05) is 7.11 Å². The number of methoxy groups -OCH3 is 1. The molecule has 0 aliphatic rings. The lowest BCUT2D eigenvalue weighted by Crippen LogP contribution is -2.23. The number of sulfonamides is 1. The zero-order valence-electron chi connectivity index (χ0n) is 16.0. The number of hydrogen-bond acceptors (Lipinski definition) is 6. The van der Waals surface area contributed by atoms with Gasteiger partial charge in [-0.2, -0.15) is 0 Å². The first-order valence-electron chi connectivity index (χ1n) is 8.75. The van der Waals surface area contributed by atoms with Crippen molar-refractivity contribution in [2.45, 2.75) is 18.4 Å². The summed E-state index contributed by atoms with van der Waals surface area (Å²) in [4.78, 5) is 15.7. The van der Waals surface area contributed by atoms with E-state index in [1.165, 1.54) is 19.1 Å². The molecule has 0 aliphatic heterocycles. The molecule has 0 saturated carbocycles. The van der Waals surface area contributed by atoms with Crippen molar-refractivity contribution in [3.63, 3.8) is 0 Å². The van der Waals surface area contributed by atoms with E-state index >= 15 is 0 Å². The van der Waals surface area contributed by atoms with Gasteiger partial charge in [0.1, 0.15) is 11.5 Å². The summed E-state index contributed by atoms with van der Waals surface area (Å²) in [6, 6.07) is 16.3. The normalized spacial score (nSPS) is 11.1. The Kier molecular flexibility index (Phi) is 6.26. The van der Waals surface area contributed by atoms with Crippen molar-refractivity contribution in [3.8, 4) is 17.4 Å². The van der Waals surface area contributed by atoms with E-state index < -0.39 is 10.0 Å². The molecule has 8 heteroatoms. The highest BCUT2D eigenvalue weighted by molar-refractivity contribution is 7.89. The van der Waals surface area contributed by atoms with Gasteiger partial charge in [-0.15, -0.1) is 0 Å². The van der Waals surface area contributed by atoms with Crippen LogP contribution in [0.15, 0.2) is 71.8 Å². The second-order valence-electron chi connectivity index (χ2n) is 6.19. The summed E-state index contributed by atoms with van der Waals surface area (Å²) in [6.07, 6.45) is 1.54. The Balaban J connectivity index is 1.69. The van der Waals surface area contributed by atoms with Crippen molar-refractivity contribution < 1.29 is 22.7 Å². The summed E-state index contributed by atoms with van der Waals surface area (Å²) in [5.41, 5.74) is 1.02. The number of hydrogen-bond donors (Lipinski definition) is 1. The van der Waals surface area contributed by atoms with Gasteiger partial charge in [0, 0.05) is 24.4 Å². The van der Waals surface area contributed by atoms with E-state index in [1.807, 2.05) is 0 Å².